The first-order valence-corrected chi connectivity index (χ1v) is 5.99. The van der Waals surface area contributed by atoms with Gasteiger partial charge < -0.3 is 4.90 Å². The molecule has 21 heavy (non-hydrogen) atoms. The quantitative estimate of drug-likeness (QED) is 0.635. The van der Waals surface area contributed by atoms with Crippen LogP contribution in [0.5, 0.6) is 0 Å². The van der Waals surface area contributed by atoms with Gasteiger partial charge in [0.2, 0.25) is 0 Å². The normalized spacial score (nSPS) is 9.48. The Bertz CT molecular complexity index is 770. The lowest BCUT2D eigenvalue weighted by Gasteiger charge is -2.19. The number of anilines is 2. The second-order valence-electron chi connectivity index (χ2n) is 4.29. The number of nitriles is 2. The highest BCUT2D eigenvalue weighted by molar-refractivity contribution is 5.67. The zero-order chi connectivity index (χ0) is 15.4. The third-order valence-corrected chi connectivity index (χ3v) is 3.07. The van der Waals surface area contributed by atoms with E-state index < -0.39 is 4.92 Å². The maximum Gasteiger partial charge on any atom is 0.289 e. The molecule has 0 saturated carbocycles. The molecule has 0 atom stereocenters. The maximum absolute atomic E-state index is 11.0. The molecule has 2 aromatic carbocycles. The molecule has 0 unspecified atom stereocenters. The van der Waals surface area contributed by atoms with Crippen molar-refractivity contribution in [3.63, 3.8) is 0 Å². The van der Waals surface area contributed by atoms with Crippen LogP contribution in [0, 0.1) is 32.8 Å². The van der Waals surface area contributed by atoms with Gasteiger partial charge in [-0.05, 0) is 36.4 Å². The van der Waals surface area contributed by atoms with E-state index in [4.69, 9.17) is 10.5 Å². The molecule has 0 N–H and O–H groups in total. The van der Waals surface area contributed by atoms with E-state index in [9.17, 15) is 10.1 Å². The summed E-state index contributed by atoms with van der Waals surface area (Å²) in [6.07, 6.45) is 0. The molecule has 0 amide bonds. The molecule has 2 rings (SSSR count). The number of nitrogens with zero attached hydrogens (tertiary/aromatic N) is 4. The van der Waals surface area contributed by atoms with Crippen molar-refractivity contribution in [3.8, 4) is 12.1 Å². The molecule has 0 bridgehead atoms. The summed E-state index contributed by atoms with van der Waals surface area (Å²) in [7, 11) is 1.76. The summed E-state index contributed by atoms with van der Waals surface area (Å²) >= 11 is 0. The van der Waals surface area contributed by atoms with Gasteiger partial charge in [-0.25, -0.2) is 0 Å². The average molecular weight is 278 g/mol. The van der Waals surface area contributed by atoms with Crippen molar-refractivity contribution in [2.24, 2.45) is 0 Å². The molecule has 0 fully saturated rings. The number of rotatable bonds is 3. The van der Waals surface area contributed by atoms with Gasteiger partial charge in [0.15, 0.2) is 0 Å². The Kier molecular flexibility index (Phi) is 3.83. The Morgan fingerprint density at radius 1 is 1.05 bits per heavy atom. The fourth-order valence-electron chi connectivity index (χ4n) is 1.88. The predicted octanol–water partition coefficient (Wildman–Crippen LogP) is 3.11. The predicted molar refractivity (Wildman–Crippen MR) is 77.0 cm³/mol. The molecule has 0 aliphatic rings. The van der Waals surface area contributed by atoms with Crippen LogP contribution < -0.4 is 4.90 Å². The molecular formula is C15H10N4O2. The molecule has 2 aromatic rings. The molecule has 0 aromatic heterocycles. The van der Waals surface area contributed by atoms with Crippen molar-refractivity contribution in [2.75, 3.05) is 11.9 Å². The van der Waals surface area contributed by atoms with Crippen LogP contribution >= 0.6 is 0 Å². The van der Waals surface area contributed by atoms with E-state index >= 15 is 0 Å². The first kappa shape index (κ1) is 14.0. The molecule has 6 heteroatoms. The van der Waals surface area contributed by atoms with Crippen molar-refractivity contribution in [2.45, 2.75) is 0 Å². The highest BCUT2D eigenvalue weighted by Gasteiger charge is 2.16. The number of nitro benzene ring substituents is 1. The van der Waals surface area contributed by atoms with Crippen LogP contribution in [0.1, 0.15) is 11.1 Å². The first-order valence-electron chi connectivity index (χ1n) is 5.99. The lowest BCUT2D eigenvalue weighted by atomic mass is 10.1. The van der Waals surface area contributed by atoms with E-state index in [1.807, 2.05) is 6.07 Å². The lowest BCUT2D eigenvalue weighted by Crippen LogP contribution is -2.10. The molecule has 6 nitrogen and oxygen atoms in total. The topological polar surface area (TPSA) is 94.0 Å². The Labute approximate surface area is 121 Å². The van der Waals surface area contributed by atoms with Gasteiger partial charge in [-0.2, -0.15) is 10.5 Å². The SMILES string of the molecule is CN(c1ccc(C#N)cc1)c1ccc(C#N)c([N+](=O)[O-])c1. The Hall–Kier alpha value is -3.38. The van der Waals surface area contributed by atoms with Gasteiger partial charge in [0.1, 0.15) is 11.6 Å². The van der Waals surface area contributed by atoms with Crippen LogP contribution in [0.2, 0.25) is 0 Å². The van der Waals surface area contributed by atoms with Crippen LogP contribution in [-0.4, -0.2) is 12.0 Å². The Balaban J connectivity index is 2.41. The van der Waals surface area contributed by atoms with E-state index in [2.05, 4.69) is 0 Å². The van der Waals surface area contributed by atoms with E-state index in [1.54, 1.807) is 48.3 Å². The molecule has 0 aliphatic carbocycles. The van der Waals surface area contributed by atoms with Crippen molar-refractivity contribution >= 4 is 17.1 Å². The monoisotopic (exact) mass is 278 g/mol. The van der Waals surface area contributed by atoms with Gasteiger partial charge in [-0.1, -0.05) is 0 Å². The molecular weight excluding hydrogens is 268 g/mol. The van der Waals surface area contributed by atoms with Gasteiger partial charge in [0.05, 0.1) is 16.6 Å². The second kappa shape index (κ2) is 5.72. The summed E-state index contributed by atoms with van der Waals surface area (Å²) in [4.78, 5) is 12.1. The minimum Gasteiger partial charge on any atom is -0.344 e. The van der Waals surface area contributed by atoms with Gasteiger partial charge in [-0.15, -0.1) is 0 Å². The van der Waals surface area contributed by atoms with Gasteiger partial charge in [0.25, 0.3) is 5.69 Å². The standard InChI is InChI=1S/C15H10N4O2/c1-18(13-5-2-11(9-16)3-6-13)14-7-4-12(10-17)15(8-14)19(20)21/h2-8H,1H3. The fourth-order valence-corrected chi connectivity index (χ4v) is 1.88. The van der Waals surface area contributed by atoms with Crippen molar-refractivity contribution < 1.29 is 4.92 Å². The summed E-state index contributed by atoms with van der Waals surface area (Å²) in [5.41, 5.74) is 1.71. The van der Waals surface area contributed by atoms with E-state index in [-0.39, 0.29) is 11.3 Å². The zero-order valence-corrected chi connectivity index (χ0v) is 11.1. The summed E-state index contributed by atoms with van der Waals surface area (Å²) in [6.45, 7) is 0. The van der Waals surface area contributed by atoms with Crippen molar-refractivity contribution in [1.29, 1.82) is 10.5 Å². The minimum absolute atomic E-state index is 0.0250. The number of nitro groups is 1. The molecule has 0 aliphatic heterocycles. The molecule has 0 saturated heterocycles. The van der Waals surface area contributed by atoms with Crippen LogP contribution in [0.25, 0.3) is 0 Å². The molecule has 0 spiro atoms. The van der Waals surface area contributed by atoms with E-state index in [0.29, 0.717) is 11.3 Å². The average Bonchev–Trinajstić information content (AvgIpc) is 2.53. The van der Waals surface area contributed by atoms with Crippen LogP contribution in [0.15, 0.2) is 42.5 Å². The van der Waals surface area contributed by atoms with Crippen LogP contribution in [0.4, 0.5) is 17.1 Å². The van der Waals surface area contributed by atoms with Crippen LogP contribution in [-0.2, 0) is 0 Å². The Morgan fingerprint density at radius 3 is 2.19 bits per heavy atom. The highest BCUT2D eigenvalue weighted by atomic mass is 16.6. The summed E-state index contributed by atoms with van der Waals surface area (Å²) < 4.78 is 0. The molecule has 0 radical (unpaired) electrons. The minimum atomic E-state index is -0.575. The van der Waals surface area contributed by atoms with Gasteiger partial charge >= 0.3 is 0 Å². The molecule has 102 valence electrons. The largest absolute Gasteiger partial charge is 0.344 e. The number of hydrogen-bond donors (Lipinski definition) is 0. The second-order valence-corrected chi connectivity index (χ2v) is 4.29. The van der Waals surface area contributed by atoms with Gasteiger partial charge in [-0.3, -0.25) is 10.1 Å². The fraction of sp³-hybridized carbons (Fsp3) is 0.0667. The van der Waals surface area contributed by atoms with Crippen LogP contribution in [0.3, 0.4) is 0 Å². The van der Waals surface area contributed by atoms with E-state index in [1.165, 1.54) is 12.1 Å². The number of benzene rings is 2. The Morgan fingerprint density at radius 2 is 1.67 bits per heavy atom. The third-order valence-electron chi connectivity index (χ3n) is 3.07. The molecule has 0 heterocycles. The zero-order valence-electron chi connectivity index (χ0n) is 11.1. The third kappa shape index (κ3) is 2.80. The van der Waals surface area contributed by atoms with Crippen molar-refractivity contribution in [1.82, 2.24) is 0 Å². The first-order chi connectivity index (χ1) is 10.1. The lowest BCUT2D eigenvalue weighted by molar-refractivity contribution is -0.385. The highest BCUT2D eigenvalue weighted by Crippen LogP contribution is 2.29. The summed E-state index contributed by atoms with van der Waals surface area (Å²) in [5, 5.41) is 28.6. The number of hydrogen-bond acceptors (Lipinski definition) is 5. The van der Waals surface area contributed by atoms with Gasteiger partial charge in [0, 0.05) is 24.5 Å². The van der Waals surface area contributed by atoms with Crippen molar-refractivity contribution in [3.05, 3.63) is 63.7 Å². The smallest absolute Gasteiger partial charge is 0.289 e. The van der Waals surface area contributed by atoms with E-state index in [0.717, 1.165) is 5.69 Å². The maximum atomic E-state index is 11.0. The summed E-state index contributed by atoms with van der Waals surface area (Å²) in [5.74, 6) is 0. The summed E-state index contributed by atoms with van der Waals surface area (Å²) in [6, 6.07) is 15.1.